The van der Waals surface area contributed by atoms with Crippen LogP contribution < -0.4 is 10.6 Å². The van der Waals surface area contributed by atoms with Gasteiger partial charge in [0.15, 0.2) is 11.5 Å². The van der Waals surface area contributed by atoms with E-state index >= 15 is 0 Å². The topological polar surface area (TPSA) is 79.8 Å². The first-order valence-corrected chi connectivity index (χ1v) is 8.81. The molecule has 0 aliphatic rings. The van der Waals surface area contributed by atoms with E-state index in [1.165, 1.54) is 6.20 Å². The lowest BCUT2D eigenvalue weighted by molar-refractivity contribution is 0.252. The van der Waals surface area contributed by atoms with Gasteiger partial charge >= 0.3 is 6.03 Å². The van der Waals surface area contributed by atoms with E-state index in [2.05, 4.69) is 25.6 Å². The predicted octanol–water partition coefficient (Wildman–Crippen LogP) is 4.49. The molecule has 0 saturated heterocycles. The Hall–Kier alpha value is -2.73. The molecule has 0 aliphatic heterocycles. The van der Waals surface area contributed by atoms with Gasteiger partial charge in [0.05, 0.1) is 11.9 Å². The zero-order valence-electron chi connectivity index (χ0n) is 14.9. The molecule has 0 spiro atoms. The van der Waals surface area contributed by atoms with Crippen LogP contribution in [0.4, 0.5) is 10.6 Å². The molecule has 6 nitrogen and oxygen atoms in total. The Bertz CT molecular complexity index is 950. The highest BCUT2D eigenvalue weighted by atomic mass is 35.5. The summed E-state index contributed by atoms with van der Waals surface area (Å²) in [6.07, 6.45) is 2.38. The van der Waals surface area contributed by atoms with Gasteiger partial charge in [-0.15, -0.1) is 0 Å². The summed E-state index contributed by atoms with van der Waals surface area (Å²) in [5.74, 6) is 0.355. The second kappa shape index (κ2) is 7.66. The molecule has 1 aromatic carbocycles. The number of benzene rings is 1. The van der Waals surface area contributed by atoms with Crippen LogP contribution in [-0.4, -0.2) is 27.5 Å². The van der Waals surface area contributed by atoms with Gasteiger partial charge in [0.25, 0.3) is 0 Å². The quantitative estimate of drug-likeness (QED) is 0.709. The predicted molar refractivity (Wildman–Crippen MR) is 105 cm³/mol. The highest BCUT2D eigenvalue weighted by Gasteiger charge is 2.09. The molecule has 2 amide bonds. The van der Waals surface area contributed by atoms with Gasteiger partial charge in [-0.05, 0) is 55.7 Å². The van der Waals surface area contributed by atoms with Crippen LogP contribution in [0.3, 0.4) is 0 Å². The third-order valence-corrected chi connectivity index (χ3v) is 4.48. The van der Waals surface area contributed by atoms with E-state index in [4.69, 9.17) is 11.6 Å². The lowest BCUT2D eigenvalue weighted by Gasteiger charge is -2.09. The van der Waals surface area contributed by atoms with Crippen LogP contribution in [-0.2, 0) is 0 Å². The first-order valence-electron chi connectivity index (χ1n) is 8.43. The number of hydrogen-bond acceptors (Lipinski definition) is 4. The molecule has 26 heavy (non-hydrogen) atoms. The van der Waals surface area contributed by atoms with E-state index < -0.39 is 0 Å². The molecule has 2 heterocycles. The fourth-order valence-corrected chi connectivity index (χ4v) is 2.75. The molecule has 3 rings (SSSR count). The minimum absolute atomic E-state index is 0.308. The van der Waals surface area contributed by atoms with Crippen molar-refractivity contribution in [3.8, 4) is 11.3 Å². The minimum atomic E-state index is -0.308. The standard InChI is InChI=1S/C19H20ClN5O/c1-4-7-21-19(26)25-17-10-22-16-6-5-15(23-18(16)24-17)13-8-11(2)12(3)14(20)9-13/h5-6,8-10H,4,7H2,1-3H3,(H2,21,23,24,25,26). The van der Waals surface area contributed by atoms with E-state index in [1.54, 1.807) is 0 Å². The number of carbonyl (C=O) groups excluding carboxylic acids is 1. The summed E-state index contributed by atoms with van der Waals surface area (Å²) in [5.41, 5.74) is 4.95. The third-order valence-electron chi connectivity index (χ3n) is 4.08. The summed E-state index contributed by atoms with van der Waals surface area (Å²) in [6.45, 7) is 6.59. The van der Waals surface area contributed by atoms with Crippen molar-refractivity contribution < 1.29 is 4.79 Å². The Morgan fingerprint density at radius 2 is 2.00 bits per heavy atom. The molecule has 0 atom stereocenters. The molecule has 0 bridgehead atoms. The van der Waals surface area contributed by atoms with Crippen molar-refractivity contribution in [3.05, 3.63) is 46.6 Å². The monoisotopic (exact) mass is 369 g/mol. The Balaban J connectivity index is 1.93. The Labute approximate surface area is 157 Å². The molecule has 0 radical (unpaired) electrons. The summed E-state index contributed by atoms with van der Waals surface area (Å²) < 4.78 is 0. The van der Waals surface area contributed by atoms with Crippen molar-refractivity contribution in [2.24, 2.45) is 0 Å². The number of aryl methyl sites for hydroxylation is 1. The molecule has 134 valence electrons. The molecule has 2 aromatic heterocycles. The fraction of sp³-hybridized carbons (Fsp3) is 0.263. The number of urea groups is 1. The van der Waals surface area contributed by atoms with Crippen LogP contribution in [0, 0.1) is 13.8 Å². The number of pyridine rings is 1. The number of fused-ring (bicyclic) bond motifs is 1. The number of nitrogens with one attached hydrogen (secondary N) is 2. The maximum atomic E-state index is 11.8. The zero-order valence-corrected chi connectivity index (χ0v) is 15.7. The Kier molecular flexibility index (Phi) is 5.32. The van der Waals surface area contributed by atoms with Crippen molar-refractivity contribution in [1.29, 1.82) is 0 Å². The van der Waals surface area contributed by atoms with E-state index in [0.717, 1.165) is 28.8 Å². The van der Waals surface area contributed by atoms with Crippen molar-refractivity contribution >= 4 is 34.6 Å². The third kappa shape index (κ3) is 3.91. The zero-order chi connectivity index (χ0) is 18.7. The molecular formula is C19H20ClN5O. The Morgan fingerprint density at radius 3 is 2.73 bits per heavy atom. The second-order valence-corrected chi connectivity index (χ2v) is 6.48. The molecule has 0 unspecified atom stereocenters. The average Bonchev–Trinajstić information content (AvgIpc) is 2.63. The SMILES string of the molecule is CCCNC(=O)Nc1cnc2ccc(-c3cc(C)c(C)c(Cl)c3)nc2n1. The number of anilines is 1. The summed E-state index contributed by atoms with van der Waals surface area (Å²) in [7, 11) is 0. The van der Waals surface area contributed by atoms with Gasteiger partial charge in [-0.1, -0.05) is 18.5 Å². The molecule has 7 heteroatoms. The summed E-state index contributed by atoms with van der Waals surface area (Å²) >= 11 is 6.30. The number of rotatable bonds is 4. The molecule has 2 N–H and O–H groups in total. The normalized spacial score (nSPS) is 10.8. The minimum Gasteiger partial charge on any atom is -0.338 e. The lowest BCUT2D eigenvalue weighted by atomic mass is 10.0. The number of carbonyl (C=O) groups is 1. The van der Waals surface area contributed by atoms with E-state index in [-0.39, 0.29) is 6.03 Å². The first-order chi connectivity index (χ1) is 12.5. The van der Waals surface area contributed by atoms with Crippen LogP contribution in [0.15, 0.2) is 30.5 Å². The summed E-state index contributed by atoms with van der Waals surface area (Å²) in [4.78, 5) is 25.1. The molecule has 3 aromatic rings. The second-order valence-electron chi connectivity index (χ2n) is 6.08. The smallest absolute Gasteiger partial charge is 0.320 e. The van der Waals surface area contributed by atoms with Crippen LogP contribution in [0.2, 0.25) is 5.02 Å². The molecule has 0 aliphatic carbocycles. The van der Waals surface area contributed by atoms with Crippen LogP contribution in [0.1, 0.15) is 24.5 Å². The Morgan fingerprint density at radius 1 is 1.19 bits per heavy atom. The van der Waals surface area contributed by atoms with Gasteiger partial charge in [-0.3, -0.25) is 5.32 Å². The number of halogens is 1. The molecule has 0 saturated carbocycles. The van der Waals surface area contributed by atoms with Gasteiger partial charge in [0.2, 0.25) is 0 Å². The van der Waals surface area contributed by atoms with Gasteiger partial charge in [0.1, 0.15) is 5.52 Å². The van der Waals surface area contributed by atoms with E-state index in [0.29, 0.717) is 28.5 Å². The van der Waals surface area contributed by atoms with E-state index in [1.807, 2.05) is 45.0 Å². The van der Waals surface area contributed by atoms with Gasteiger partial charge in [-0.2, -0.15) is 0 Å². The number of aromatic nitrogens is 3. The van der Waals surface area contributed by atoms with Crippen molar-refractivity contribution in [2.45, 2.75) is 27.2 Å². The number of hydrogen-bond donors (Lipinski definition) is 2. The molecule has 0 fully saturated rings. The first kappa shape index (κ1) is 18.1. The van der Waals surface area contributed by atoms with Crippen LogP contribution in [0.25, 0.3) is 22.4 Å². The van der Waals surface area contributed by atoms with Crippen molar-refractivity contribution in [1.82, 2.24) is 20.3 Å². The van der Waals surface area contributed by atoms with Crippen LogP contribution in [0.5, 0.6) is 0 Å². The largest absolute Gasteiger partial charge is 0.338 e. The number of amides is 2. The van der Waals surface area contributed by atoms with Gasteiger partial charge in [-0.25, -0.2) is 19.7 Å². The van der Waals surface area contributed by atoms with Crippen LogP contribution >= 0.6 is 11.6 Å². The summed E-state index contributed by atoms with van der Waals surface area (Å²) in [5, 5.41) is 6.10. The lowest BCUT2D eigenvalue weighted by Crippen LogP contribution is -2.29. The van der Waals surface area contributed by atoms with Gasteiger partial charge < -0.3 is 5.32 Å². The summed E-state index contributed by atoms with van der Waals surface area (Å²) in [6, 6.07) is 7.37. The van der Waals surface area contributed by atoms with E-state index in [9.17, 15) is 4.79 Å². The average molecular weight is 370 g/mol. The van der Waals surface area contributed by atoms with Crippen molar-refractivity contribution in [3.63, 3.8) is 0 Å². The molecular weight excluding hydrogens is 350 g/mol. The van der Waals surface area contributed by atoms with Crippen molar-refractivity contribution in [2.75, 3.05) is 11.9 Å². The maximum Gasteiger partial charge on any atom is 0.320 e. The fourth-order valence-electron chi connectivity index (χ4n) is 2.48. The highest BCUT2D eigenvalue weighted by Crippen LogP contribution is 2.27. The number of nitrogens with zero attached hydrogens (tertiary/aromatic N) is 3. The van der Waals surface area contributed by atoms with Gasteiger partial charge in [0, 0.05) is 17.1 Å². The maximum absolute atomic E-state index is 11.8. The highest BCUT2D eigenvalue weighted by molar-refractivity contribution is 6.31.